The van der Waals surface area contributed by atoms with Crippen LogP contribution in [0.1, 0.15) is 23.6 Å². The highest BCUT2D eigenvalue weighted by Gasteiger charge is 2.24. The maximum atomic E-state index is 11.3. The number of hydrogen-bond acceptors (Lipinski definition) is 5. The summed E-state index contributed by atoms with van der Waals surface area (Å²) in [5.74, 6) is 1.35. The van der Waals surface area contributed by atoms with Crippen molar-refractivity contribution in [1.29, 1.82) is 0 Å². The zero-order chi connectivity index (χ0) is 24.1. The lowest BCUT2D eigenvalue weighted by molar-refractivity contribution is -0.149. The maximum Gasteiger partial charge on any atom is 0.333 e. The van der Waals surface area contributed by atoms with Crippen molar-refractivity contribution in [3.8, 4) is 28.4 Å². The molecule has 0 radical (unpaired) electrons. The number of benzene rings is 3. The third-order valence-electron chi connectivity index (χ3n) is 5.85. The Labute approximate surface area is 199 Å². The molecule has 6 heteroatoms. The van der Waals surface area contributed by atoms with Crippen LogP contribution in [0, 0.1) is 0 Å². The quantitative estimate of drug-likeness (QED) is 0.349. The fourth-order valence-electron chi connectivity index (χ4n) is 4.16. The molecule has 3 aromatic carbocycles. The molecule has 0 fully saturated rings. The normalized spacial score (nSPS) is 12.5. The summed E-state index contributed by atoms with van der Waals surface area (Å²) in [5, 5.41) is 9.27. The second-order valence-corrected chi connectivity index (χ2v) is 7.88. The van der Waals surface area contributed by atoms with Gasteiger partial charge in [0.1, 0.15) is 23.9 Å². The lowest BCUT2D eigenvalue weighted by Crippen LogP contribution is -2.26. The van der Waals surface area contributed by atoms with Crippen LogP contribution in [0.3, 0.4) is 0 Å². The molecule has 176 valence electrons. The SMILES string of the molecule is CCOC(Cc1ccc(OCC=C2c3cc(OC)ccc3-c3ccc(OC)cc32)cc1)C(=O)O. The number of fused-ring (bicyclic) bond motifs is 3. The topological polar surface area (TPSA) is 74.2 Å². The summed E-state index contributed by atoms with van der Waals surface area (Å²) < 4.78 is 22.2. The predicted octanol–water partition coefficient (Wildman–Crippen LogP) is 5.23. The Morgan fingerprint density at radius 1 is 0.853 bits per heavy atom. The smallest absolute Gasteiger partial charge is 0.333 e. The summed E-state index contributed by atoms with van der Waals surface area (Å²) in [6, 6.07) is 19.6. The van der Waals surface area contributed by atoms with Crippen molar-refractivity contribution >= 4 is 11.5 Å². The first-order valence-corrected chi connectivity index (χ1v) is 11.2. The molecule has 0 bridgehead atoms. The van der Waals surface area contributed by atoms with E-state index in [4.69, 9.17) is 18.9 Å². The summed E-state index contributed by atoms with van der Waals surface area (Å²) in [4.78, 5) is 11.3. The molecule has 4 rings (SSSR count). The van der Waals surface area contributed by atoms with Gasteiger partial charge in [0.2, 0.25) is 0 Å². The van der Waals surface area contributed by atoms with Crippen molar-refractivity contribution in [3.63, 3.8) is 0 Å². The van der Waals surface area contributed by atoms with Crippen molar-refractivity contribution in [2.24, 2.45) is 0 Å². The number of carboxylic acids is 1. The average molecular weight is 461 g/mol. The lowest BCUT2D eigenvalue weighted by atomic mass is 10.0. The van der Waals surface area contributed by atoms with E-state index in [1.54, 1.807) is 21.1 Å². The van der Waals surface area contributed by atoms with Gasteiger partial charge in [0.05, 0.1) is 14.2 Å². The number of aliphatic carboxylic acids is 1. The van der Waals surface area contributed by atoms with Gasteiger partial charge in [0.15, 0.2) is 6.10 Å². The Balaban J connectivity index is 1.52. The molecule has 1 unspecified atom stereocenters. The first-order valence-electron chi connectivity index (χ1n) is 11.2. The molecular formula is C28H28O6. The van der Waals surface area contributed by atoms with Gasteiger partial charge in [-0.15, -0.1) is 0 Å². The average Bonchev–Trinajstić information content (AvgIpc) is 3.16. The number of rotatable bonds is 10. The molecule has 1 aliphatic rings. The molecule has 34 heavy (non-hydrogen) atoms. The van der Waals surface area contributed by atoms with Gasteiger partial charge in [0, 0.05) is 13.0 Å². The van der Waals surface area contributed by atoms with Crippen LogP contribution in [0.4, 0.5) is 0 Å². The molecule has 0 saturated carbocycles. The van der Waals surface area contributed by atoms with Crippen molar-refractivity contribution in [2.75, 3.05) is 27.4 Å². The highest BCUT2D eigenvalue weighted by molar-refractivity contribution is 6.01. The Morgan fingerprint density at radius 3 is 1.91 bits per heavy atom. The van der Waals surface area contributed by atoms with Crippen molar-refractivity contribution in [2.45, 2.75) is 19.4 Å². The van der Waals surface area contributed by atoms with Crippen LogP contribution < -0.4 is 14.2 Å². The lowest BCUT2D eigenvalue weighted by Gasteiger charge is -2.13. The first kappa shape index (κ1) is 23.4. The van der Waals surface area contributed by atoms with E-state index in [0.717, 1.165) is 44.9 Å². The zero-order valence-electron chi connectivity index (χ0n) is 19.5. The Kier molecular flexibility index (Phi) is 7.18. The highest BCUT2D eigenvalue weighted by Crippen LogP contribution is 2.46. The number of ether oxygens (including phenoxy) is 4. The molecule has 0 aromatic heterocycles. The molecule has 0 spiro atoms. The largest absolute Gasteiger partial charge is 0.497 e. The van der Waals surface area contributed by atoms with Crippen LogP contribution >= 0.6 is 0 Å². The van der Waals surface area contributed by atoms with Gasteiger partial charge in [-0.3, -0.25) is 0 Å². The maximum absolute atomic E-state index is 11.3. The molecule has 1 N–H and O–H groups in total. The second kappa shape index (κ2) is 10.4. The zero-order valence-corrected chi connectivity index (χ0v) is 19.5. The minimum Gasteiger partial charge on any atom is -0.497 e. The summed E-state index contributed by atoms with van der Waals surface area (Å²) >= 11 is 0. The van der Waals surface area contributed by atoms with Crippen LogP contribution in [0.5, 0.6) is 17.2 Å². The van der Waals surface area contributed by atoms with Crippen molar-refractivity contribution < 1.29 is 28.8 Å². The Morgan fingerprint density at radius 2 is 1.41 bits per heavy atom. The second-order valence-electron chi connectivity index (χ2n) is 7.88. The van der Waals surface area contributed by atoms with Gasteiger partial charge in [-0.1, -0.05) is 24.3 Å². The first-order chi connectivity index (χ1) is 16.5. The molecule has 1 atom stereocenters. The van der Waals surface area contributed by atoms with Crippen molar-refractivity contribution in [1.82, 2.24) is 0 Å². The minimum absolute atomic E-state index is 0.310. The highest BCUT2D eigenvalue weighted by atomic mass is 16.5. The van der Waals surface area contributed by atoms with Gasteiger partial charge in [-0.25, -0.2) is 4.79 Å². The van der Waals surface area contributed by atoms with Crippen LogP contribution in [0.25, 0.3) is 16.7 Å². The van der Waals surface area contributed by atoms with E-state index in [-0.39, 0.29) is 0 Å². The fourth-order valence-corrected chi connectivity index (χ4v) is 4.16. The van der Waals surface area contributed by atoms with E-state index >= 15 is 0 Å². The van der Waals surface area contributed by atoms with Crippen LogP contribution in [0.2, 0.25) is 0 Å². The molecule has 1 aliphatic carbocycles. The van der Waals surface area contributed by atoms with Gasteiger partial charge < -0.3 is 24.1 Å². The summed E-state index contributed by atoms with van der Waals surface area (Å²) in [5.41, 5.74) is 6.44. The van der Waals surface area contributed by atoms with Gasteiger partial charge in [-0.2, -0.15) is 0 Å². The van der Waals surface area contributed by atoms with E-state index in [2.05, 4.69) is 18.2 Å². The third-order valence-corrected chi connectivity index (χ3v) is 5.85. The number of methoxy groups -OCH3 is 2. The van der Waals surface area contributed by atoms with E-state index < -0.39 is 12.1 Å². The van der Waals surface area contributed by atoms with E-state index in [9.17, 15) is 9.90 Å². The van der Waals surface area contributed by atoms with E-state index in [1.807, 2.05) is 48.5 Å². The summed E-state index contributed by atoms with van der Waals surface area (Å²) in [7, 11) is 3.33. The van der Waals surface area contributed by atoms with Crippen LogP contribution in [0.15, 0.2) is 66.7 Å². The molecule has 3 aromatic rings. The minimum atomic E-state index is -0.959. The predicted molar refractivity (Wildman–Crippen MR) is 131 cm³/mol. The van der Waals surface area contributed by atoms with Gasteiger partial charge >= 0.3 is 5.97 Å². The molecule has 0 amide bonds. The van der Waals surface area contributed by atoms with Crippen molar-refractivity contribution in [3.05, 3.63) is 83.4 Å². The fraction of sp³-hybridized carbons (Fsp3) is 0.250. The molecule has 6 nitrogen and oxygen atoms in total. The number of carbonyl (C=O) groups is 1. The molecular weight excluding hydrogens is 432 g/mol. The van der Waals surface area contributed by atoms with E-state index in [0.29, 0.717) is 25.4 Å². The van der Waals surface area contributed by atoms with Crippen LogP contribution in [-0.2, 0) is 16.0 Å². The summed E-state index contributed by atoms with van der Waals surface area (Å²) in [6.45, 7) is 2.52. The summed E-state index contributed by atoms with van der Waals surface area (Å²) in [6.07, 6.45) is 1.52. The molecule has 0 aliphatic heterocycles. The van der Waals surface area contributed by atoms with Gasteiger partial charge in [-0.05, 0) is 82.8 Å². The Bertz CT molecular complexity index is 1140. The number of hydrogen-bond donors (Lipinski definition) is 1. The standard InChI is InChI=1S/C28H28O6/c1-4-33-27(28(29)30)15-18-5-7-19(8-6-18)34-14-13-24-25-16-20(31-2)9-11-22(25)23-12-10-21(32-3)17-26(23)24/h5-13,16-17,27H,4,14-15H2,1-3H3,(H,29,30). The van der Waals surface area contributed by atoms with Crippen LogP contribution in [-0.4, -0.2) is 44.6 Å². The van der Waals surface area contributed by atoms with E-state index in [1.165, 1.54) is 0 Å². The monoisotopic (exact) mass is 460 g/mol. The van der Waals surface area contributed by atoms with Gasteiger partial charge in [0.25, 0.3) is 0 Å². The third kappa shape index (κ3) is 4.92. The molecule has 0 heterocycles. The Hall–Kier alpha value is -3.77. The number of carboxylic acid groups (broad SMARTS) is 1. The molecule has 0 saturated heterocycles.